The van der Waals surface area contributed by atoms with Crippen molar-refractivity contribution < 1.29 is 8.78 Å². The van der Waals surface area contributed by atoms with Gasteiger partial charge in [0.25, 0.3) is 0 Å². The topological polar surface area (TPSA) is 51.8 Å². The first-order chi connectivity index (χ1) is 7.16. The normalized spacial score (nSPS) is 10.5. The summed E-state index contributed by atoms with van der Waals surface area (Å²) in [4.78, 5) is 4.19. The van der Waals surface area contributed by atoms with Crippen LogP contribution in [0.3, 0.4) is 0 Å². The van der Waals surface area contributed by atoms with Crippen LogP contribution in [0, 0.1) is 11.6 Å². The third-order valence-electron chi connectivity index (χ3n) is 1.59. The molecule has 1 heterocycles. The van der Waals surface area contributed by atoms with E-state index in [-0.39, 0.29) is 5.69 Å². The molecule has 2 rings (SSSR count). The molecule has 2 N–H and O–H groups in total. The Morgan fingerprint density at radius 2 is 2.13 bits per heavy atom. The molecule has 0 saturated heterocycles. The fraction of sp³-hybridized carbons (Fsp3) is 0. The first kappa shape index (κ1) is 10.3. The van der Waals surface area contributed by atoms with Crippen molar-refractivity contribution in [3.63, 3.8) is 0 Å². The minimum Gasteiger partial charge on any atom is -0.395 e. The number of halogens is 2. The van der Waals surface area contributed by atoms with Crippen molar-refractivity contribution in [2.75, 3.05) is 5.73 Å². The molecular weight excluding hydrogens is 240 g/mol. The van der Waals surface area contributed by atoms with Crippen LogP contribution in [0.1, 0.15) is 0 Å². The molecule has 1 aromatic carbocycles. The lowest BCUT2D eigenvalue weighted by Gasteiger charge is -2.03. The highest BCUT2D eigenvalue weighted by atomic mass is 32.2. The van der Waals surface area contributed by atoms with Crippen molar-refractivity contribution in [2.45, 2.75) is 9.24 Å². The maximum Gasteiger partial charge on any atom is 0.174 e. The monoisotopic (exact) mass is 245 g/mol. The quantitative estimate of drug-likeness (QED) is 0.826. The zero-order valence-electron chi connectivity index (χ0n) is 7.28. The second-order valence-electron chi connectivity index (χ2n) is 2.61. The van der Waals surface area contributed by atoms with E-state index >= 15 is 0 Å². The first-order valence-corrected chi connectivity index (χ1v) is 5.45. The molecule has 0 aliphatic heterocycles. The number of rotatable bonds is 2. The van der Waals surface area contributed by atoms with Crippen molar-refractivity contribution in [3.8, 4) is 0 Å². The number of nitrogens with zero attached hydrogens (tertiary/aromatic N) is 2. The van der Waals surface area contributed by atoms with E-state index in [9.17, 15) is 8.78 Å². The summed E-state index contributed by atoms with van der Waals surface area (Å²) in [5, 5.41) is 0. The zero-order valence-corrected chi connectivity index (χ0v) is 8.91. The Bertz CT molecular complexity index is 473. The highest BCUT2D eigenvalue weighted by Crippen LogP contribution is 2.34. The molecule has 0 spiro atoms. The van der Waals surface area contributed by atoms with Gasteiger partial charge in [-0.2, -0.15) is 4.37 Å². The van der Waals surface area contributed by atoms with E-state index < -0.39 is 11.6 Å². The fourth-order valence-corrected chi connectivity index (χ4v) is 2.44. The molecule has 2 aromatic rings. The number of benzene rings is 1. The molecule has 15 heavy (non-hydrogen) atoms. The standard InChI is InChI=1S/C8H5F2N3S2/c9-4-1-5(10)7(11)6(2-4)14-8-12-3-13-15-8/h1-3H,11H2. The zero-order chi connectivity index (χ0) is 10.8. The van der Waals surface area contributed by atoms with E-state index in [0.29, 0.717) is 9.24 Å². The SMILES string of the molecule is Nc1c(F)cc(F)cc1Sc1ncns1. The number of anilines is 1. The van der Waals surface area contributed by atoms with E-state index in [4.69, 9.17) is 5.73 Å². The molecule has 3 nitrogen and oxygen atoms in total. The van der Waals surface area contributed by atoms with E-state index in [1.54, 1.807) is 0 Å². The molecule has 0 saturated carbocycles. The largest absolute Gasteiger partial charge is 0.395 e. The van der Waals surface area contributed by atoms with Gasteiger partial charge in [-0.3, -0.25) is 0 Å². The van der Waals surface area contributed by atoms with Crippen LogP contribution >= 0.6 is 23.3 Å². The van der Waals surface area contributed by atoms with Crippen LogP contribution < -0.4 is 5.73 Å². The van der Waals surface area contributed by atoms with Crippen LogP contribution in [0.4, 0.5) is 14.5 Å². The summed E-state index contributed by atoms with van der Waals surface area (Å²) >= 11 is 2.23. The van der Waals surface area contributed by atoms with Gasteiger partial charge in [0.2, 0.25) is 0 Å². The van der Waals surface area contributed by atoms with Crippen molar-refractivity contribution in [3.05, 3.63) is 30.1 Å². The predicted molar refractivity (Wildman–Crippen MR) is 54.8 cm³/mol. The van der Waals surface area contributed by atoms with Gasteiger partial charge in [0.05, 0.1) is 5.69 Å². The summed E-state index contributed by atoms with van der Waals surface area (Å²) in [5.41, 5.74) is 5.39. The highest BCUT2D eigenvalue weighted by Gasteiger charge is 2.10. The number of aromatic nitrogens is 2. The van der Waals surface area contributed by atoms with Gasteiger partial charge in [0.1, 0.15) is 18.0 Å². The van der Waals surface area contributed by atoms with E-state index in [1.165, 1.54) is 12.4 Å². The molecule has 7 heteroatoms. The first-order valence-electron chi connectivity index (χ1n) is 3.86. The van der Waals surface area contributed by atoms with Crippen LogP contribution in [-0.4, -0.2) is 9.36 Å². The summed E-state index contributed by atoms with van der Waals surface area (Å²) in [5.74, 6) is -1.42. The Morgan fingerprint density at radius 1 is 1.33 bits per heavy atom. The van der Waals surface area contributed by atoms with Crippen molar-refractivity contribution in [1.29, 1.82) is 0 Å². The van der Waals surface area contributed by atoms with Crippen LogP contribution in [-0.2, 0) is 0 Å². The summed E-state index contributed by atoms with van der Waals surface area (Å²) in [6.45, 7) is 0. The Kier molecular flexibility index (Phi) is 2.83. The van der Waals surface area contributed by atoms with Crippen molar-refractivity contribution in [1.82, 2.24) is 9.36 Å². The lowest BCUT2D eigenvalue weighted by molar-refractivity contribution is 0.581. The lowest BCUT2D eigenvalue weighted by Crippen LogP contribution is -1.94. The molecule has 0 amide bonds. The predicted octanol–water partition coefficient (Wildman–Crippen LogP) is 2.55. The Hall–Kier alpha value is -1.21. The van der Waals surface area contributed by atoms with E-state index in [0.717, 1.165) is 29.4 Å². The number of nitrogens with two attached hydrogens (primary N) is 1. The minimum atomic E-state index is -0.762. The number of hydrogen-bond donors (Lipinski definition) is 1. The third kappa shape index (κ3) is 2.24. The van der Waals surface area contributed by atoms with E-state index in [1.807, 2.05) is 0 Å². The highest BCUT2D eigenvalue weighted by molar-refractivity contribution is 8.01. The second-order valence-corrected chi connectivity index (χ2v) is 4.68. The van der Waals surface area contributed by atoms with Gasteiger partial charge in [-0.1, -0.05) is 11.8 Å². The second kappa shape index (κ2) is 4.11. The maximum absolute atomic E-state index is 13.1. The van der Waals surface area contributed by atoms with Crippen LogP contribution in [0.25, 0.3) is 0 Å². The average Bonchev–Trinajstić information content (AvgIpc) is 2.66. The molecule has 0 fully saturated rings. The van der Waals surface area contributed by atoms with Gasteiger partial charge >= 0.3 is 0 Å². The maximum atomic E-state index is 13.1. The van der Waals surface area contributed by atoms with Gasteiger partial charge in [-0.05, 0) is 17.6 Å². The lowest BCUT2D eigenvalue weighted by atomic mass is 10.3. The Labute approximate surface area is 92.5 Å². The van der Waals surface area contributed by atoms with Crippen LogP contribution in [0.2, 0.25) is 0 Å². The molecule has 0 radical (unpaired) electrons. The Balaban J connectivity index is 2.36. The third-order valence-corrected chi connectivity index (χ3v) is 3.37. The smallest absolute Gasteiger partial charge is 0.174 e. The number of nitrogen functional groups attached to an aromatic ring is 1. The summed E-state index contributed by atoms with van der Waals surface area (Å²) in [6.07, 6.45) is 1.37. The summed E-state index contributed by atoms with van der Waals surface area (Å²) in [6, 6.07) is 1.92. The molecule has 78 valence electrons. The van der Waals surface area contributed by atoms with Gasteiger partial charge in [0.15, 0.2) is 4.34 Å². The van der Waals surface area contributed by atoms with Gasteiger partial charge in [-0.15, -0.1) is 0 Å². The van der Waals surface area contributed by atoms with Gasteiger partial charge in [0, 0.05) is 11.0 Å². The number of hydrogen-bond acceptors (Lipinski definition) is 5. The summed E-state index contributed by atoms with van der Waals surface area (Å²) < 4.78 is 30.3. The molecule has 1 aromatic heterocycles. The molecule has 0 bridgehead atoms. The summed E-state index contributed by atoms with van der Waals surface area (Å²) in [7, 11) is 0. The Morgan fingerprint density at radius 3 is 2.80 bits per heavy atom. The van der Waals surface area contributed by atoms with Gasteiger partial charge < -0.3 is 5.73 Å². The van der Waals surface area contributed by atoms with Crippen molar-refractivity contribution >= 4 is 29.0 Å². The molecular formula is C8H5F2N3S2. The molecule has 0 unspecified atom stereocenters. The molecule has 0 aliphatic rings. The average molecular weight is 245 g/mol. The van der Waals surface area contributed by atoms with Crippen LogP contribution in [0.5, 0.6) is 0 Å². The fourth-order valence-electron chi connectivity index (χ4n) is 0.948. The van der Waals surface area contributed by atoms with Crippen molar-refractivity contribution in [2.24, 2.45) is 0 Å². The van der Waals surface area contributed by atoms with Gasteiger partial charge in [-0.25, -0.2) is 13.8 Å². The molecule has 0 aliphatic carbocycles. The van der Waals surface area contributed by atoms with Crippen LogP contribution in [0.15, 0.2) is 27.7 Å². The van der Waals surface area contributed by atoms with E-state index in [2.05, 4.69) is 9.36 Å². The minimum absolute atomic E-state index is 0.0726. The molecule has 0 atom stereocenters.